The Morgan fingerprint density at radius 1 is 1.27 bits per heavy atom. The Balaban J connectivity index is 2.25. The molecule has 1 aromatic carbocycles. The molecule has 78 valence electrons. The molecule has 0 spiro atoms. The number of nitrogens with zero attached hydrogens (tertiary/aromatic N) is 3. The molecule has 0 saturated heterocycles. The topological polar surface area (TPSA) is 56.7 Å². The van der Waals surface area contributed by atoms with E-state index in [1.807, 2.05) is 12.1 Å². The van der Waals surface area contributed by atoms with Gasteiger partial charge in [-0.05, 0) is 25.6 Å². The SMILES string of the molecule is Cc1ccc(-n2cnc(CCN)n2)cc1. The molecule has 15 heavy (non-hydrogen) atoms. The predicted octanol–water partition coefficient (Wildman–Crippen LogP) is 1.08. The van der Waals surface area contributed by atoms with E-state index >= 15 is 0 Å². The minimum atomic E-state index is 0.581. The summed E-state index contributed by atoms with van der Waals surface area (Å²) in [7, 11) is 0. The summed E-state index contributed by atoms with van der Waals surface area (Å²) in [5.74, 6) is 0.790. The molecular formula is C11H14N4. The Morgan fingerprint density at radius 2 is 2.00 bits per heavy atom. The minimum Gasteiger partial charge on any atom is -0.330 e. The van der Waals surface area contributed by atoms with Crippen molar-refractivity contribution in [1.29, 1.82) is 0 Å². The van der Waals surface area contributed by atoms with E-state index in [0.29, 0.717) is 6.54 Å². The summed E-state index contributed by atoms with van der Waals surface area (Å²) in [6.45, 7) is 2.64. The summed E-state index contributed by atoms with van der Waals surface area (Å²) in [6, 6.07) is 8.16. The molecule has 0 radical (unpaired) electrons. The quantitative estimate of drug-likeness (QED) is 0.810. The van der Waals surface area contributed by atoms with Gasteiger partial charge in [-0.15, -0.1) is 0 Å². The van der Waals surface area contributed by atoms with Crippen molar-refractivity contribution >= 4 is 0 Å². The summed E-state index contributed by atoms with van der Waals surface area (Å²) in [5.41, 5.74) is 7.70. The van der Waals surface area contributed by atoms with Crippen LogP contribution < -0.4 is 5.73 Å². The standard InChI is InChI=1S/C11H14N4/c1-9-2-4-10(5-3-9)15-8-13-11(14-15)6-7-12/h2-5,8H,6-7,12H2,1H3. The number of aromatic nitrogens is 3. The van der Waals surface area contributed by atoms with E-state index in [9.17, 15) is 0 Å². The van der Waals surface area contributed by atoms with E-state index < -0.39 is 0 Å². The second-order valence-corrected chi connectivity index (χ2v) is 3.48. The molecule has 1 aromatic heterocycles. The number of hydrogen-bond acceptors (Lipinski definition) is 3. The van der Waals surface area contributed by atoms with Crippen LogP contribution in [0.1, 0.15) is 11.4 Å². The van der Waals surface area contributed by atoms with Crippen LogP contribution in [0.5, 0.6) is 0 Å². The Kier molecular flexibility index (Phi) is 2.78. The number of benzene rings is 1. The molecule has 0 amide bonds. The van der Waals surface area contributed by atoms with Gasteiger partial charge in [0.15, 0.2) is 5.82 Å². The largest absolute Gasteiger partial charge is 0.330 e. The maximum atomic E-state index is 5.44. The summed E-state index contributed by atoms with van der Waals surface area (Å²) in [6.07, 6.45) is 2.44. The van der Waals surface area contributed by atoms with Crippen LogP contribution in [0.2, 0.25) is 0 Å². The third kappa shape index (κ3) is 2.22. The van der Waals surface area contributed by atoms with Crippen LogP contribution in [0.25, 0.3) is 5.69 Å². The maximum absolute atomic E-state index is 5.44. The molecule has 0 aliphatic heterocycles. The summed E-state index contributed by atoms with van der Waals surface area (Å²) < 4.78 is 1.77. The molecule has 2 rings (SSSR count). The Hall–Kier alpha value is -1.68. The molecular weight excluding hydrogens is 188 g/mol. The zero-order valence-electron chi connectivity index (χ0n) is 8.72. The minimum absolute atomic E-state index is 0.581. The van der Waals surface area contributed by atoms with Gasteiger partial charge in [0, 0.05) is 6.42 Å². The van der Waals surface area contributed by atoms with Crippen molar-refractivity contribution in [3.63, 3.8) is 0 Å². The maximum Gasteiger partial charge on any atom is 0.152 e. The van der Waals surface area contributed by atoms with Gasteiger partial charge in [0.1, 0.15) is 6.33 Å². The van der Waals surface area contributed by atoms with Crippen molar-refractivity contribution in [2.24, 2.45) is 5.73 Å². The van der Waals surface area contributed by atoms with Crippen LogP contribution in [-0.4, -0.2) is 21.3 Å². The van der Waals surface area contributed by atoms with Gasteiger partial charge in [0.25, 0.3) is 0 Å². The third-order valence-electron chi connectivity index (χ3n) is 2.21. The van der Waals surface area contributed by atoms with Crippen molar-refractivity contribution in [2.75, 3.05) is 6.54 Å². The first-order valence-electron chi connectivity index (χ1n) is 4.97. The smallest absolute Gasteiger partial charge is 0.152 e. The van der Waals surface area contributed by atoms with Crippen molar-refractivity contribution in [2.45, 2.75) is 13.3 Å². The molecule has 4 heteroatoms. The fourth-order valence-corrected chi connectivity index (χ4v) is 1.36. The molecule has 0 bridgehead atoms. The van der Waals surface area contributed by atoms with E-state index in [0.717, 1.165) is 17.9 Å². The normalized spacial score (nSPS) is 10.5. The van der Waals surface area contributed by atoms with E-state index in [4.69, 9.17) is 5.73 Å². The van der Waals surface area contributed by atoms with Gasteiger partial charge in [-0.2, -0.15) is 5.10 Å². The van der Waals surface area contributed by atoms with E-state index in [-0.39, 0.29) is 0 Å². The van der Waals surface area contributed by atoms with Crippen LogP contribution in [0.15, 0.2) is 30.6 Å². The summed E-state index contributed by atoms with van der Waals surface area (Å²) in [4.78, 5) is 4.18. The summed E-state index contributed by atoms with van der Waals surface area (Å²) in [5, 5.41) is 4.33. The zero-order chi connectivity index (χ0) is 10.7. The van der Waals surface area contributed by atoms with Crippen molar-refractivity contribution in [3.8, 4) is 5.69 Å². The third-order valence-corrected chi connectivity index (χ3v) is 2.21. The number of aryl methyl sites for hydroxylation is 1. The van der Waals surface area contributed by atoms with Gasteiger partial charge in [0.2, 0.25) is 0 Å². The van der Waals surface area contributed by atoms with Crippen LogP contribution in [0, 0.1) is 6.92 Å². The van der Waals surface area contributed by atoms with E-state index in [1.165, 1.54) is 5.56 Å². The number of hydrogen-bond donors (Lipinski definition) is 1. The second kappa shape index (κ2) is 4.23. The van der Waals surface area contributed by atoms with Crippen LogP contribution in [0.4, 0.5) is 0 Å². The molecule has 4 nitrogen and oxygen atoms in total. The van der Waals surface area contributed by atoms with Gasteiger partial charge in [0.05, 0.1) is 5.69 Å². The van der Waals surface area contributed by atoms with Crippen LogP contribution in [-0.2, 0) is 6.42 Å². The molecule has 0 fully saturated rings. The summed E-state index contributed by atoms with van der Waals surface area (Å²) >= 11 is 0. The highest BCUT2D eigenvalue weighted by atomic mass is 15.3. The first kappa shape index (κ1) is 9.86. The fourth-order valence-electron chi connectivity index (χ4n) is 1.36. The molecule has 0 saturated carbocycles. The Bertz CT molecular complexity index is 430. The van der Waals surface area contributed by atoms with Crippen molar-refractivity contribution in [1.82, 2.24) is 14.8 Å². The Labute approximate surface area is 88.8 Å². The highest BCUT2D eigenvalue weighted by molar-refractivity contribution is 5.32. The number of nitrogens with two attached hydrogens (primary N) is 1. The van der Waals surface area contributed by atoms with Gasteiger partial charge < -0.3 is 5.73 Å². The molecule has 2 N–H and O–H groups in total. The average Bonchev–Trinajstić information content (AvgIpc) is 2.68. The van der Waals surface area contributed by atoms with Crippen molar-refractivity contribution < 1.29 is 0 Å². The zero-order valence-corrected chi connectivity index (χ0v) is 8.72. The molecule has 0 atom stereocenters. The van der Waals surface area contributed by atoms with E-state index in [2.05, 4.69) is 29.1 Å². The lowest BCUT2D eigenvalue weighted by Gasteiger charge is -1.99. The monoisotopic (exact) mass is 202 g/mol. The molecule has 1 heterocycles. The highest BCUT2D eigenvalue weighted by Gasteiger charge is 2.01. The molecule has 0 aliphatic rings. The first-order chi connectivity index (χ1) is 7.29. The van der Waals surface area contributed by atoms with Gasteiger partial charge in [-0.25, -0.2) is 9.67 Å². The average molecular weight is 202 g/mol. The fraction of sp³-hybridized carbons (Fsp3) is 0.273. The lowest BCUT2D eigenvalue weighted by atomic mass is 10.2. The van der Waals surface area contributed by atoms with Crippen molar-refractivity contribution in [3.05, 3.63) is 42.0 Å². The number of rotatable bonds is 3. The second-order valence-electron chi connectivity index (χ2n) is 3.48. The van der Waals surface area contributed by atoms with Gasteiger partial charge in [-0.3, -0.25) is 0 Å². The highest BCUT2D eigenvalue weighted by Crippen LogP contribution is 2.07. The lowest BCUT2D eigenvalue weighted by Crippen LogP contribution is -2.05. The van der Waals surface area contributed by atoms with E-state index in [1.54, 1.807) is 11.0 Å². The predicted molar refractivity (Wildman–Crippen MR) is 58.9 cm³/mol. The molecule has 2 aromatic rings. The van der Waals surface area contributed by atoms with Gasteiger partial charge >= 0.3 is 0 Å². The van der Waals surface area contributed by atoms with Crippen LogP contribution >= 0.6 is 0 Å². The molecule has 0 aliphatic carbocycles. The molecule has 0 unspecified atom stereocenters. The van der Waals surface area contributed by atoms with Crippen LogP contribution in [0.3, 0.4) is 0 Å². The first-order valence-corrected chi connectivity index (χ1v) is 4.97. The van der Waals surface area contributed by atoms with Gasteiger partial charge in [-0.1, -0.05) is 17.7 Å². The lowest BCUT2D eigenvalue weighted by molar-refractivity contribution is 0.816. The Morgan fingerprint density at radius 3 is 2.67 bits per heavy atom.